The molecule has 3 nitrogen and oxygen atoms in total. The third-order valence-corrected chi connectivity index (χ3v) is 2.21. The molecule has 0 radical (unpaired) electrons. The van der Waals surface area contributed by atoms with Gasteiger partial charge in [0.25, 0.3) is 0 Å². The zero-order valence-electron chi connectivity index (χ0n) is 9.18. The third kappa shape index (κ3) is 7.15. The molecule has 0 aliphatic carbocycles. The molecule has 0 bridgehead atoms. The Kier molecular flexibility index (Phi) is 7.90. The molecule has 0 fully saturated rings. The van der Waals surface area contributed by atoms with Gasteiger partial charge in [0.1, 0.15) is 0 Å². The summed E-state index contributed by atoms with van der Waals surface area (Å²) in [5.41, 5.74) is 0. The van der Waals surface area contributed by atoms with Crippen LogP contribution in [-0.4, -0.2) is 31.0 Å². The lowest BCUT2D eigenvalue weighted by Gasteiger charge is -2.10. The molecular weight excluding hydrogens is 202 g/mol. The summed E-state index contributed by atoms with van der Waals surface area (Å²) in [5, 5.41) is 2.80. The van der Waals surface area contributed by atoms with E-state index in [2.05, 4.69) is 5.32 Å². The molecule has 0 rings (SSSR count). The van der Waals surface area contributed by atoms with Gasteiger partial charge in [-0.15, -0.1) is 11.6 Å². The Morgan fingerprint density at radius 3 is 2.57 bits per heavy atom. The van der Waals surface area contributed by atoms with Crippen molar-refractivity contribution >= 4 is 17.5 Å². The maximum absolute atomic E-state index is 11.2. The fraction of sp³-hybridized carbons (Fsp3) is 0.900. The van der Waals surface area contributed by atoms with Crippen LogP contribution < -0.4 is 5.32 Å². The molecule has 0 aliphatic rings. The van der Waals surface area contributed by atoms with Gasteiger partial charge in [0.05, 0.1) is 6.10 Å². The highest BCUT2D eigenvalue weighted by Crippen LogP contribution is 1.97. The number of halogens is 1. The monoisotopic (exact) mass is 221 g/mol. The quantitative estimate of drug-likeness (QED) is 0.526. The Balaban J connectivity index is 3.32. The maximum Gasteiger partial charge on any atom is 0.224 e. The zero-order chi connectivity index (χ0) is 11.0. The van der Waals surface area contributed by atoms with Crippen molar-refractivity contribution in [1.82, 2.24) is 5.32 Å². The van der Waals surface area contributed by atoms with Gasteiger partial charge in [-0.3, -0.25) is 4.79 Å². The number of nitrogens with one attached hydrogen (secondary N) is 1. The first-order valence-electron chi connectivity index (χ1n) is 5.03. The van der Waals surface area contributed by atoms with Gasteiger partial charge in [0, 0.05) is 24.9 Å². The summed E-state index contributed by atoms with van der Waals surface area (Å²) in [6, 6.07) is 0. The second kappa shape index (κ2) is 8.06. The summed E-state index contributed by atoms with van der Waals surface area (Å²) in [5.74, 6) is 0.279. The van der Waals surface area contributed by atoms with Crippen LogP contribution in [-0.2, 0) is 9.53 Å². The Morgan fingerprint density at radius 1 is 1.43 bits per heavy atom. The van der Waals surface area contributed by atoms with E-state index in [1.807, 2.05) is 20.8 Å². The molecule has 0 saturated heterocycles. The van der Waals surface area contributed by atoms with E-state index in [1.54, 1.807) is 0 Å². The molecule has 1 atom stereocenters. The van der Waals surface area contributed by atoms with E-state index < -0.39 is 0 Å². The molecule has 0 aromatic carbocycles. The van der Waals surface area contributed by atoms with E-state index in [1.165, 1.54) is 0 Å². The summed E-state index contributed by atoms with van der Waals surface area (Å²) in [6.07, 6.45) is 1.10. The van der Waals surface area contributed by atoms with Crippen molar-refractivity contribution in [2.24, 2.45) is 5.92 Å². The molecule has 0 aliphatic heterocycles. The number of amides is 1. The molecule has 84 valence electrons. The fourth-order valence-corrected chi connectivity index (χ4v) is 0.987. The van der Waals surface area contributed by atoms with Gasteiger partial charge in [-0.1, -0.05) is 6.92 Å². The number of carbonyl (C=O) groups excluding carboxylic acids is 1. The van der Waals surface area contributed by atoms with Crippen molar-refractivity contribution in [3.63, 3.8) is 0 Å². The summed E-state index contributed by atoms with van der Waals surface area (Å²) < 4.78 is 5.33. The SMILES string of the molecule is CC(C)OCCCNC(=O)C(C)CCl. The molecule has 0 spiro atoms. The normalized spacial score (nSPS) is 12.9. The summed E-state index contributed by atoms with van der Waals surface area (Å²) in [4.78, 5) is 11.2. The van der Waals surface area contributed by atoms with Gasteiger partial charge in [-0.2, -0.15) is 0 Å². The Morgan fingerprint density at radius 2 is 2.07 bits per heavy atom. The molecule has 0 aromatic rings. The zero-order valence-corrected chi connectivity index (χ0v) is 9.93. The number of ether oxygens (including phenoxy) is 1. The Bertz CT molecular complexity index is 162. The predicted molar refractivity (Wildman–Crippen MR) is 58.6 cm³/mol. The topological polar surface area (TPSA) is 38.3 Å². The van der Waals surface area contributed by atoms with Crippen LogP contribution in [0.15, 0.2) is 0 Å². The van der Waals surface area contributed by atoms with Crippen molar-refractivity contribution < 1.29 is 9.53 Å². The lowest BCUT2D eigenvalue weighted by molar-refractivity contribution is -0.123. The molecule has 0 saturated carbocycles. The van der Waals surface area contributed by atoms with Crippen molar-refractivity contribution in [2.45, 2.75) is 33.3 Å². The highest BCUT2D eigenvalue weighted by molar-refractivity contribution is 6.19. The minimum Gasteiger partial charge on any atom is -0.379 e. The number of rotatable bonds is 7. The van der Waals surface area contributed by atoms with Gasteiger partial charge < -0.3 is 10.1 Å². The van der Waals surface area contributed by atoms with E-state index in [4.69, 9.17) is 16.3 Å². The van der Waals surface area contributed by atoms with Gasteiger partial charge >= 0.3 is 0 Å². The second-order valence-corrected chi connectivity index (χ2v) is 3.93. The van der Waals surface area contributed by atoms with E-state index in [0.717, 1.165) is 6.42 Å². The summed E-state index contributed by atoms with van der Waals surface area (Å²) >= 11 is 5.54. The molecule has 4 heteroatoms. The average molecular weight is 222 g/mol. The smallest absolute Gasteiger partial charge is 0.224 e. The van der Waals surface area contributed by atoms with Crippen molar-refractivity contribution in [3.8, 4) is 0 Å². The van der Waals surface area contributed by atoms with Crippen LogP contribution in [0.4, 0.5) is 0 Å². The van der Waals surface area contributed by atoms with Gasteiger partial charge in [0.2, 0.25) is 5.91 Å². The van der Waals surface area contributed by atoms with Crippen molar-refractivity contribution in [2.75, 3.05) is 19.0 Å². The second-order valence-electron chi connectivity index (χ2n) is 3.62. The number of alkyl halides is 1. The van der Waals surface area contributed by atoms with Crippen LogP contribution in [0.2, 0.25) is 0 Å². The van der Waals surface area contributed by atoms with E-state index in [0.29, 0.717) is 19.0 Å². The largest absolute Gasteiger partial charge is 0.379 e. The van der Waals surface area contributed by atoms with Gasteiger partial charge in [-0.25, -0.2) is 0 Å². The Hall–Kier alpha value is -0.280. The third-order valence-electron chi connectivity index (χ3n) is 1.75. The highest BCUT2D eigenvalue weighted by atomic mass is 35.5. The average Bonchev–Trinajstić information content (AvgIpc) is 2.15. The van der Waals surface area contributed by atoms with Crippen LogP contribution in [0.3, 0.4) is 0 Å². The lowest BCUT2D eigenvalue weighted by atomic mass is 10.2. The fourth-order valence-electron chi connectivity index (χ4n) is 0.847. The first-order chi connectivity index (χ1) is 6.57. The van der Waals surface area contributed by atoms with E-state index in [-0.39, 0.29) is 17.9 Å². The van der Waals surface area contributed by atoms with Gasteiger partial charge in [0.15, 0.2) is 0 Å². The predicted octanol–water partition coefficient (Wildman–Crippen LogP) is 1.79. The molecular formula is C10H20ClNO2. The number of hydrogen-bond acceptors (Lipinski definition) is 2. The lowest BCUT2D eigenvalue weighted by Crippen LogP contribution is -2.31. The first-order valence-corrected chi connectivity index (χ1v) is 5.56. The minimum atomic E-state index is -0.109. The van der Waals surface area contributed by atoms with Crippen LogP contribution >= 0.6 is 11.6 Å². The van der Waals surface area contributed by atoms with Gasteiger partial charge in [-0.05, 0) is 20.3 Å². The standard InChI is InChI=1S/C10H20ClNO2/c1-8(2)14-6-4-5-12-10(13)9(3)7-11/h8-9H,4-7H2,1-3H3,(H,12,13). The summed E-state index contributed by atoms with van der Waals surface area (Å²) in [6.45, 7) is 7.15. The molecule has 0 aromatic heterocycles. The number of carbonyl (C=O) groups is 1. The van der Waals surface area contributed by atoms with Crippen LogP contribution in [0, 0.1) is 5.92 Å². The van der Waals surface area contributed by atoms with Crippen LogP contribution in [0.25, 0.3) is 0 Å². The molecule has 1 N–H and O–H groups in total. The van der Waals surface area contributed by atoms with Crippen molar-refractivity contribution in [1.29, 1.82) is 0 Å². The molecule has 1 unspecified atom stereocenters. The first kappa shape index (κ1) is 13.7. The molecule has 0 heterocycles. The Labute approximate surface area is 91.2 Å². The van der Waals surface area contributed by atoms with Crippen LogP contribution in [0.5, 0.6) is 0 Å². The highest BCUT2D eigenvalue weighted by Gasteiger charge is 2.09. The number of hydrogen-bond donors (Lipinski definition) is 1. The minimum absolute atomic E-state index is 0.0181. The van der Waals surface area contributed by atoms with E-state index in [9.17, 15) is 4.79 Å². The molecule has 14 heavy (non-hydrogen) atoms. The summed E-state index contributed by atoms with van der Waals surface area (Å²) in [7, 11) is 0. The molecule has 1 amide bonds. The maximum atomic E-state index is 11.2. The van der Waals surface area contributed by atoms with E-state index >= 15 is 0 Å². The van der Waals surface area contributed by atoms with Crippen LogP contribution in [0.1, 0.15) is 27.2 Å². The van der Waals surface area contributed by atoms with Crippen molar-refractivity contribution in [3.05, 3.63) is 0 Å².